The van der Waals surface area contributed by atoms with Crippen LogP contribution in [0.1, 0.15) is 156 Å². The minimum atomic E-state index is -1.62. The molecule has 12 atom stereocenters. The van der Waals surface area contributed by atoms with Gasteiger partial charge >= 0.3 is 0 Å². The molecular formula is C72H141N37O14S. The van der Waals surface area contributed by atoms with Crippen LogP contribution < -0.4 is 161 Å². The molecular weight excluding hydrogens is 1640 g/mol. The van der Waals surface area contributed by atoms with Crippen LogP contribution in [0.5, 0.6) is 0 Å². The summed E-state index contributed by atoms with van der Waals surface area (Å²) in [6.45, 7) is 10.2. The number of nitrogens with two attached hydrogens (primary N) is 17. The molecule has 0 bridgehead atoms. The smallest absolute Gasteiger partial charge is 0.243 e. The molecule has 0 aliphatic rings. The van der Waals surface area contributed by atoms with Gasteiger partial charge in [-0.1, -0.05) is 13.0 Å². The maximum atomic E-state index is 15.1. The van der Waals surface area contributed by atoms with E-state index in [1.54, 1.807) is 19.9 Å². The number of primary amides is 1. The van der Waals surface area contributed by atoms with Crippen LogP contribution in [-0.2, 0) is 67.0 Å². The number of amides is 12. The molecule has 0 heterocycles. The number of nitrogens with one attached hydrogen (secondary N) is 12. The second-order valence-corrected chi connectivity index (χ2v) is 29.5. The number of nitrogens with zero attached hydrogens (tertiary/aromatic N) is 8. The predicted molar refractivity (Wildman–Crippen MR) is 477 cm³/mol. The van der Waals surface area contributed by atoms with Crippen LogP contribution in [-0.4, -0.2) is 282 Å². The van der Waals surface area contributed by atoms with Crippen molar-refractivity contribution in [2.75, 3.05) is 91.5 Å². The van der Waals surface area contributed by atoms with Gasteiger partial charge in [-0.2, -0.15) is 12.6 Å². The average Bonchev–Trinajstić information content (AvgIpc) is 0.861. The molecule has 0 saturated heterocycles. The van der Waals surface area contributed by atoms with Crippen molar-refractivity contribution >= 4 is 131 Å². The average molecular weight is 1780 g/mol. The van der Waals surface area contributed by atoms with E-state index >= 15 is 14.4 Å². The zero-order valence-electron chi connectivity index (χ0n) is 71.9. The van der Waals surface area contributed by atoms with Gasteiger partial charge < -0.3 is 171 Å². The molecule has 0 aromatic heterocycles. The summed E-state index contributed by atoms with van der Waals surface area (Å²) < 4.78 is 12.3. The number of carbonyl (C=O) groups excluding carboxylic acids is 12. The van der Waals surface area contributed by atoms with Gasteiger partial charge in [-0.15, -0.1) is 6.58 Å². The Morgan fingerprint density at radius 2 is 0.629 bits per heavy atom. The lowest BCUT2D eigenvalue weighted by atomic mass is 9.98. The molecule has 0 saturated carbocycles. The highest BCUT2D eigenvalue weighted by atomic mass is 32.1. The highest BCUT2D eigenvalue weighted by Crippen LogP contribution is 2.24. The molecule has 124 heavy (non-hydrogen) atoms. The third-order valence-electron chi connectivity index (χ3n) is 18.5. The van der Waals surface area contributed by atoms with Crippen molar-refractivity contribution in [3.05, 3.63) is 12.7 Å². The molecule has 0 aliphatic heterocycles. The Labute approximate surface area is 728 Å². The van der Waals surface area contributed by atoms with E-state index < -0.39 is 149 Å². The highest BCUT2D eigenvalue weighted by Gasteiger charge is 2.37. The van der Waals surface area contributed by atoms with Crippen molar-refractivity contribution in [1.29, 1.82) is 0 Å². The normalized spacial score (nSPS) is 14.2. The van der Waals surface area contributed by atoms with Crippen molar-refractivity contribution in [2.45, 2.75) is 228 Å². The summed E-state index contributed by atoms with van der Waals surface area (Å²) in [5.41, 5.74) is 93.6. The SMILES string of the molecule is C=CC(C)(COC(C)(CC)CCNC(=O)[C@@H](CS)NC(=O)[C@@H](CCCN=C(N)N)NC(=O)[C@@H](CCCN=C(N)N)NC(=O)[C@@H](CCCN=C(N)N)NC(=O)[C@@H](CCCN=C(N)N)NC(=O)[C@@H](CCCN=C(N)N)NC(=O)[C@@H](CCCN=C(N)N)NC(=O)[C@@H](CCCN=C(N)N)NC(=O)[C@@H](CCCN=C(N)N)NC(=O)CNC(=O)[C@H](C)NC)OCCCC(N)=O. The third kappa shape index (κ3) is 52.8. The summed E-state index contributed by atoms with van der Waals surface area (Å²) in [4.78, 5) is 201. The van der Waals surface area contributed by atoms with Gasteiger partial charge in [0.1, 0.15) is 60.0 Å². The quantitative estimate of drug-likeness (QED) is 0.00884. The Morgan fingerprint density at radius 3 is 0.855 bits per heavy atom. The first kappa shape index (κ1) is 112. The van der Waals surface area contributed by atoms with E-state index in [4.69, 9.17) is 107 Å². The minimum Gasteiger partial charge on any atom is -0.372 e. The highest BCUT2D eigenvalue weighted by molar-refractivity contribution is 7.80. The van der Waals surface area contributed by atoms with Crippen molar-refractivity contribution in [3.63, 3.8) is 0 Å². The Bertz CT molecular complexity index is 3610. The third-order valence-corrected chi connectivity index (χ3v) is 18.9. The molecule has 0 rings (SSSR count). The molecule has 2 unspecified atom stereocenters. The largest absolute Gasteiger partial charge is 0.372 e. The van der Waals surface area contributed by atoms with Gasteiger partial charge in [-0.25, -0.2) is 0 Å². The van der Waals surface area contributed by atoms with Gasteiger partial charge in [0, 0.05) is 77.7 Å². The van der Waals surface area contributed by atoms with Crippen LogP contribution in [0, 0.1) is 0 Å². The fraction of sp³-hybridized carbons (Fsp3) is 0.694. The number of hydrogen-bond donors (Lipinski definition) is 30. The summed E-state index contributed by atoms with van der Waals surface area (Å²) in [5.74, 6) is -12.7. The van der Waals surface area contributed by atoms with Gasteiger partial charge in [-0.3, -0.25) is 97.5 Å². The van der Waals surface area contributed by atoms with Crippen LogP contribution >= 0.6 is 12.6 Å². The number of rotatable bonds is 68. The number of ether oxygens (including phenoxy) is 2. The van der Waals surface area contributed by atoms with Crippen molar-refractivity contribution in [3.8, 4) is 0 Å². The monoisotopic (exact) mass is 1780 g/mol. The summed E-state index contributed by atoms with van der Waals surface area (Å²) in [7, 11) is 1.53. The molecule has 12 amide bonds. The topological polar surface area (TPSA) is 909 Å². The lowest BCUT2D eigenvalue weighted by molar-refractivity contribution is -0.136. The van der Waals surface area contributed by atoms with E-state index in [1.165, 1.54) is 7.05 Å². The molecule has 0 fully saturated rings. The molecule has 0 spiro atoms. The van der Waals surface area contributed by atoms with E-state index in [-0.39, 0.29) is 235 Å². The van der Waals surface area contributed by atoms with Crippen LogP contribution in [0.3, 0.4) is 0 Å². The summed E-state index contributed by atoms with van der Waals surface area (Å²) in [6, 6.07) is -14.2. The van der Waals surface area contributed by atoms with E-state index in [0.29, 0.717) is 19.3 Å². The molecule has 0 aromatic carbocycles. The van der Waals surface area contributed by atoms with Crippen LogP contribution in [0.4, 0.5) is 0 Å². The lowest BCUT2D eigenvalue weighted by Crippen LogP contribution is -2.60. The Morgan fingerprint density at radius 1 is 0.371 bits per heavy atom. The molecule has 46 N–H and O–H groups in total. The maximum absolute atomic E-state index is 15.1. The molecule has 704 valence electrons. The van der Waals surface area contributed by atoms with E-state index in [1.807, 2.05) is 13.8 Å². The summed E-state index contributed by atoms with van der Waals surface area (Å²) in [5, 5.41) is 31.9. The van der Waals surface area contributed by atoms with Crippen LogP contribution in [0.25, 0.3) is 0 Å². The van der Waals surface area contributed by atoms with Crippen molar-refractivity contribution < 1.29 is 67.0 Å². The second kappa shape index (κ2) is 62.8. The Hall–Kier alpha value is -12.2. The first-order valence-electron chi connectivity index (χ1n) is 40.6. The fourth-order valence-corrected chi connectivity index (χ4v) is 11.5. The molecule has 0 radical (unpaired) electrons. The van der Waals surface area contributed by atoms with E-state index in [0.717, 1.165) is 0 Å². The van der Waals surface area contributed by atoms with Gasteiger partial charge in [0.25, 0.3) is 0 Å². The molecule has 51 nitrogen and oxygen atoms in total. The van der Waals surface area contributed by atoms with Crippen molar-refractivity contribution in [2.24, 2.45) is 137 Å². The predicted octanol–water partition coefficient (Wildman–Crippen LogP) is -11.6. The lowest BCUT2D eigenvalue weighted by Gasteiger charge is -2.34. The summed E-state index contributed by atoms with van der Waals surface area (Å²) >= 11 is 4.37. The molecule has 0 aliphatic carbocycles. The second-order valence-electron chi connectivity index (χ2n) is 29.2. The number of carbonyl (C=O) groups is 12. The first-order chi connectivity index (χ1) is 58.4. The van der Waals surface area contributed by atoms with E-state index in [2.05, 4.69) is 123 Å². The van der Waals surface area contributed by atoms with E-state index in [9.17, 15) is 43.2 Å². The molecule has 52 heteroatoms. The van der Waals surface area contributed by atoms with Gasteiger partial charge in [0.2, 0.25) is 70.9 Å². The minimum absolute atomic E-state index is 0.00552. The standard InChI is InChI=1S/C72H141N37O14S/c1-7-71(4,123-40-72(5,8-2)122-37-17-26-51(73)110)27-36-91-54(113)50(39-124)109-62(121)49(25-16-35-99-70(88)89)108-61(120)48(24-15-34-98-69(86)87)107-60(119)47(23-14-33-97-68(84)85)106-59(118)46(22-13-32-96-67(82)83)105-58(117)45(21-12-31-95-66(80)81)104-57(116)44(20-11-30-94-65(78)79)103-56(115)43(19-10-29-93-64(76)77)102-55(114)42(18-9-28-92-63(74)75)101-52(111)38-100-53(112)41(3)90-6/h8,41-50,90,124H,2,7,9-40H2,1,3-6H3,(H2,73,110)(H,91,113)(H,100,112)(H,101,111)(H,102,114)(H,103,115)(H,104,116)(H,105,117)(H,106,118)(H,107,119)(H,108,120)(H,109,121)(H4,74,75,92)(H4,76,77,93)(H4,78,79,94)(H4,80,81,95)(H4,82,83,96)(H4,84,85,97)(H4,86,87,98)(H4,88,89,99)/t41-,42+,43+,44+,45+,46+,47+,48+,49+,50+,71?,72?/m0/s1. The number of guanidine groups is 8. The first-order valence-corrected chi connectivity index (χ1v) is 41.3. The number of hydrogen-bond acceptors (Lipinski definition) is 24. The van der Waals surface area contributed by atoms with Crippen LogP contribution in [0.2, 0.25) is 0 Å². The summed E-state index contributed by atoms with van der Waals surface area (Å²) in [6.07, 6.45) is 1.51. The fourth-order valence-electron chi connectivity index (χ4n) is 11.2. The Kier molecular flexibility index (Phi) is 56.6. The van der Waals surface area contributed by atoms with Gasteiger partial charge in [-0.05, 0) is 150 Å². The Balaban J connectivity index is 7.93. The number of likely N-dealkylation sites (N-methyl/N-ethyl adjacent to an activating group) is 1. The zero-order valence-corrected chi connectivity index (χ0v) is 72.8. The molecule has 0 aromatic rings. The van der Waals surface area contributed by atoms with Crippen molar-refractivity contribution in [1.82, 2.24) is 63.8 Å². The number of aliphatic imine (C=N–C) groups is 8. The number of thiol groups is 1. The zero-order chi connectivity index (χ0) is 93.9. The van der Waals surface area contributed by atoms with Gasteiger partial charge in [0.15, 0.2) is 47.7 Å². The van der Waals surface area contributed by atoms with Gasteiger partial charge in [0.05, 0.1) is 24.8 Å². The van der Waals surface area contributed by atoms with Crippen LogP contribution in [0.15, 0.2) is 52.6 Å². The maximum Gasteiger partial charge on any atom is 0.243 e.